The van der Waals surface area contributed by atoms with Crippen LogP contribution in [0, 0.1) is 5.41 Å². The molecule has 3 N–H and O–H groups in total. The summed E-state index contributed by atoms with van der Waals surface area (Å²) in [6.45, 7) is 2.91. The lowest BCUT2D eigenvalue weighted by molar-refractivity contribution is -0.128. The number of carbonyl (C=O) groups excluding carboxylic acids is 2. The third kappa shape index (κ3) is 2.65. The summed E-state index contributed by atoms with van der Waals surface area (Å²) >= 11 is 3.32. The van der Waals surface area contributed by atoms with E-state index in [-0.39, 0.29) is 11.8 Å². The van der Waals surface area contributed by atoms with Crippen molar-refractivity contribution in [3.05, 3.63) is 28.2 Å². The fourth-order valence-corrected chi connectivity index (χ4v) is 2.84. The molecule has 1 aliphatic rings. The van der Waals surface area contributed by atoms with Crippen molar-refractivity contribution in [2.45, 2.75) is 13.3 Å². The van der Waals surface area contributed by atoms with E-state index in [0.29, 0.717) is 35.2 Å². The topological polar surface area (TPSA) is 75.4 Å². The highest BCUT2D eigenvalue weighted by Crippen LogP contribution is 2.31. The van der Waals surface area contributed by atoms with E-state index < -0.39 is 5.41 Å². The van der Waals surface area contributed by atoms with Gasteiger partial charge in [0.25, 0.3) is 5.91 Å². The summed E-state index contributed by atoms with van der Waals surface area (Å²) in [4.78, 5) is 26.0. The molecule has 0 saturated carbocycles. The van der Waals surface area contributed by atoms with Crippen molar-refractivity contribution in [2.75, 3.05) is 25.9 Å². The lowest BCUT2D eigenvalue weighted by Gasteiger charge is -2.22. The van der Waals surface area contributed by atoms with Gasteiger partial charge in [-0.15, -0.1) is 0 Å². The molecule has 2 rings (SSSR count). The molecule has 1 aromatic carbocycles. The number of carbonyl (C=O) groups is 2. The number of nitrogens with zero attached hydrogens (tertiary/aromatic N) is 1. The quantitative estimate of drug-likeness (QED) is 0.804. The Morgan fingerprint density at radius 1 is 1.45 bits per heavy atom. The van der Waals surface area contributed by atoms with E-state index in [4.69, 9.17) is 5.73 Å². The third-order valence-electron chi connectivity index (χ3n) is 3.78. The lowest BCUT2D eigenvalue weighted by Crippen LogP contribution is -2.40. The highest BCUT2D eigenvalue weighted by Gasteiger charge is 2.41. The molecule has 0 spiro atoms. The van der Waals surface area contributed by atoms with Gasteiger partial charge < -0.3 is 16.0 Å². The van der Waals surface area contributed by atoms with Gasteiger partial charge in [0, 0.05) is 35.9 Å². The van der Waals surface area contributed by atoms with Crippen molar-refractivity contribution in [2.24, 2.45) is 5.41 Å². The van der Waals surface area contributed by atoms with E-state index in [9.17, 15) is 9.59 Å². The first-order valence-electron chi connectivity index (χ1n) is 6.44. The summed E-state index contributed by atoms with van der Waals surface area (Å²) in [5.41, 5.74) is 6.39. The zero-order valence-corrected chi connectivity index (χ0v) is 13.2. The van der Waals surface area contributed by atoms with Crippen molar-refractivity contribution in [1.82, 2.24) is 10.2 Å². The molecule has 1 atom stereocenters. The summed E-state index contributed by atoms with van der Waals surface area (Å²) in [6.07, 6.45) is 0.675. The molecule has 0 bridgehead atoms. The Morgan fingerprint density at radius 2 is 2.15 bits per heavy atom. The number of halogens is 1. The van der Waals surface area contributed by atoms with E-state index in [0.717, 1.165) is 0 Å². The molecule has 5 nitrogen and oxygen atoms in total. The zero-order valence-electron chi connectivity index (χ0n) is 11.6. The second-order valence-corrected chi connectivity index (χ2v) is 6.21. The average molecular weight is 340 g/mol. The predicted octanol–water partition coefficient (Wildman–Crippen LogP) is 1.63. The third-order valence-corrected chi connectivity index (χ3v) is 4.47. The molecular formula is C14H18BrN3O2. The van der Waals surface area contributed by atoms with Gasteiger partial charge in [-0.05, 0) is 47.5 Å². The van der Waals surface area contributed by atoms with Crippen molar-refractivity contribution >= 4 is 33.4 Å². The highest BCUT2D eigenvalue weighted by molar-refractivity contribution is 9.10. The predicted molar refractivity (Wildman–Crippen MR) is 81.2 cm³/mol. The van der Waals surface area contributed by atoms with Crippen LogP contribution < -0.4 is 11.1 Å². The number of benzene rings is 1. The van der Waals surface area contributed by atoms with Crippen LogP contribution in [0.3, 0.4) is 0 Å². The van der Waals surface area contributed by atoms with Crippen molar-refractivity contribution in [1.29, 1.82) is 0 Å². The molecule has 2 amide bonds. The first kappa shape index (κ1) is 14.8. The minimum absolute atomic E-state index is 0.0220. The van der Waals surface area contributed by atoms with Crippen molar-refractivity contribution < 1.29 is 9.59 Å². The second kappa shape index (κ2) is 5.44. The minimum Gasteiger partial charge on any atom is -0.398 e. The number of rotatable bonds is 2. The molecule has 0 aliphatic carbocycles. The number of nitrogens with two attached hydrogens (primary N) is 1. The van der Waals surface area contributed by atoms with Crippen LogP contribution in [-0.2, 0) is 4.79 Å². The van der Waals surface area contributed by atoms with Crippen molar-refractivity contribution in [3.63, 3.8) is 0 Å². The van der Waals surface area contributed by atoms with Gasteiger partial charge >= 0.3 is 0 Å². The second-order valence-electron chi connectivity index (χ2n) is 5.35. The minimum atomic E-state index is -0.505. The van der Waals surface area contributed by atoms with Crippen LogP contribution in [0.25, 0.3) is 0 Å². The maximum atomic E-state index is 12.4. The summed E-state index contributed by atoms with van der Waals surface area (Å²) in [6, 6.07) is 5.12. The Kier molecular flexibility index (Phi) is 4.04. The molecule has 20 heavy (non-hydrogen) atoms. The lowest BCUT2D eigenvalue weighted by atomic mass is 9.89. The Balaban J connectivity index is 2.15. The molecule has 1 saturated heterocycles. The molecule has 1 aliphatic heterocycles. The van der Waals surface area contributed by atoms with Crippen molar-refractivity contribution in [3.8, 4) is 0 Å². The van der Waals surface area contributed by atoms with E-state index in [1.165, 1.54) is 0 Å². The molecule has 108 valence electrons. The molecule has 1 heterocycles. The standard InChI is InChI=1S/C14H18BrN3O2/c1-14(13(20)17-2)5-6-18(8-14)12(19)9-3-4-11(16)10(15)7-9/h3-4,7H,5-6,8,16H2,1-2H3,(H,17,20). The first-order valence-corrected chi connectivity index (χ1v) is 7.23. The van der Waals surface area contributed by atoms with E-state index >= 15 is 0 Å². The number of amides is 2. The molecular weight excluding hydrogens is 322 g/mol. The van der Waals surface area contributed by atoms with Crippen LogP contribution in [0.1, 0.15) is 23.7 Å². The fourth-order valence-electron chi connectivity index (χ4n) is 2.46. The number of hydrogen-bond acceptors (Lipinski definition) is 3. The van der Waals surface area contributed by atoms with Gasteiger partial charge in [0.05, 0.1) is 5.41 Å². The molecule has 1 unspecified atom stereocenters. The molecule has 0 aromatic heterocycles. The SMILES string of the molecule is CNC(=O)C1(C)CCN(C(=O)c2ccc(N)c(Br)c2)C1. The summed E-state index contributed by atoms with van der Waals surface area (Å²) in [5.74, 6) is -0.0929. The van der Waals surface area contributed by atoms with Crippen LogP contribution in [0.4, 0.5) is 5.69 Å². The smallest absolute Gasteiger partial charge is 0.253 e. The van der Waals surface area contributed by atoms with Crippen LogP contribution in [-0.4, -0.2) is 36.9 Å². The summed E-state index contributed by atoms with van der Waals surface area (Å²) in [7, 11) is 1.62. The van der Waals surface area contributed by atoms with Gasteiger partial charge in [-0.2, -0.15) is 0 Å². The first-order chi connectivity index (χ1) is 9.37. The van der Waals surface area contributed by atoms with Gasteiger partial charge in [-0.3, -0.25) is 9.59 Å². The number of hydrogen-bond donors (Lipinski definition) is 2. The number of anilines is 1. The molecule has 0 radical (unpaired) electrons. The van der Waals surface area contributed by atoms with Crippen LogP contribution in [0.5, 0.6) is 0 Å². The Morgan fingerprint density at radius 3 is 2.75 bits per heavy atom. The van der Waals surface area contributed by atoms with Crippen LogP contribution in [0.2, 0.25) is 0 Å². The number of likely N-dealkylation sites (tertiary alicyclic amines) is 1. The highest BCUT2D eigenvalue weighted by atomic mass is 79.9. The number of nitrogens with one attached hydrogen (secondary N) is 1. The van der Waals surface area contributed by atoms with Gasteiger partial charge in [0.1, 0.15) is 0 Å². The van der Waals surface area contributed by atoms with E-state index in [1.807, 2.05) is 6.92 Å². The molecule has 6 heteroatoms. The Labute approximate surface area is 126 Å². The molecule has 1 aromatic rings. The van der Waals surface area contributed by atoms with Gasteiger partial charge in [-0.25, -0.2) is 0 Å². The maximum Gasteiger partial charge on any atom is 0.253 e. The average Bonchev–Trinajstić information content (AvgIpc) is 2.84. The largest absolute Gasteiger partial charge is 0.398 e. The normalized spacial score (nSPS) is 21.9. The van der Waals surface area contributed by atoms with Gasteiger partial charge in [0.15, 0.2) is 0 Å². The monoisotopic (exact) mass is 339 g/mol. The molecule has 1 fully saturated rings. The van der Waals surface area contributed by atoms with Crippen LogP contribution >= 0.6 is 15.9 Å². The summed E-state index contributed by atoms with van der Waals surface area (Å²) in [5, 5.41) is 2.66. The Bertz CT molecular complexity index is 561. The fraction of sp³-hybridized carbons (Fsp3) is 0.429. The van der Waals surface area contributed by atoms with E-state index in [1.54, 1.807) is 30.1 Å². The number of nitrogen functional groups attached to an aromatic ring is 1. The zero-order chi connectivity index (χ0) is 14.9. The van der Waals surface area contributed by atoms with Crippen LogP contribution in [0.15, 0.2) is 22.7 Å². The summed E-state index contributed by atoms with van der Waals surface area (Å²) < 4.78 is 0.705. The Hall–Kier alpha value is -1.56. The van der Waals surface area contributed by atoms with Gasteiger partial charge in [0.2, 0.25) is 5.91 Å². The van der Waals surface area contributed by atoms with E-state index in [2.05, 4.69) is 21.2 Å². The maximum absolute atomic E-state index is 12.4. The van der Waals surface area contributed by atoms with Gasteiger partial charge in [-0.1, -0.05) is 0 Å².